The van der Waals surface area contributed by atoms with Crippen molar-refractivity contribution in [2.45, 2.75) is 40.0 Å². The number of carboxylic acids is 1. The predicted octanol–water partition coefficient (Wildman–Crippen LogP) is 4.79. The molecule has 6 heteroatoms. The molecule has 0 atom stereocenters. The molecule has 0 radical (unpaired) electrons. The zero-order valence-corrected chi connectivity index (χ0v) is 17.8. The first-order valence-corrected chi connectivity index (χ1v) is 9.78. The minimum atomic E-state index is -0.989. The number of aromatic carboxylic acids is 1. The number of nitrogens with zero attached hydrogens (tertiary/aromatic N) is 2. The van der Waals surface area contributed by atoms with Gasteiger partial charge < -0.3 is 20.0 Å². The molecular formula is C23H30N2O4. The Morgan fingerprint density at radius 1 is 1.03 bits per heavy atom. The van der Waals surface area contributed by atoms with Crippen LogP contribution < -0.4 is 9.64 Å². The summed E-state index contributed by atoms with van der Waals surface area (Å²) in [6, 6.07) is 12.2. The Morgan fingerprint density at radius 3 is 2.10 bits per heavy atom. The average molecular weight is 399 g/mol. The molecule has 0 fully saturated rings. The second-order valence-corrected chi connectivity index (χ2v) is 7.82. The molecule has 2 N–H and O–H groups in total. The number of hydrogen-bond acceptors (Lipinski definition) is 5. The SMILES string of the molecule is CCN(CC)c1ccc(/C(COc2ccc(C(=O)O)cc2)=N/O)cc1C(C)(C)C. The van der Waals surface area contributed by atoms with E-state index in [4.69, 9.17) is 9.84 Å². The first-order valence-electron chi connectivity index (χ1n) is 9.78. The van der Waals surface area contributed by atoms with Crippen molar-refractivity contribution in [3.8, 4) is 5.75 Å². The molecule has 29 heavy (non-hydrogen) atoms. The first-order chi connectivity index (χ1) is 13.7. The van der Waals surface area contributed by atoms with Gasteiger partial charge in [0, 0.05) is 24.3 Å². The molecule has 0 bridgehead atoms. The molecule has 2 aromatic carbocycles. The molecule has 156 valence electrons. The van der Waals surface area contributed by atoms with Gasteiger partial charge in [-0.15, -0.1) is 0 Å². The monoisotopic (exact) mass is 398 g/mol. The molecule has 0 spiro atoms. The van der Waals surface area contributed by atoms with E-state index in [0.717, 1.165) is 18.7 Å². The highest BCUT2D eigenvalue weighted by molar-refractivity contribution is 6.02. The third-order valence-electron chi connectivity index (χ3n) is 4.84. The molecular weight excluding hydrogens is 368 g/mol. The van der Waals surface area contributed by atoms with Crippen LogP contribution in [-0.2, 0) is 5.41 Å². The van der Waals surface area contributed by atoms with Gasteiger partial charge in [-0.3, -0.25) is 0 Å². The standard InChI is InChI=1S/C23H30N2O4/c1-6-25(7-2)21-13-10-17(14-19(21)23(3,4)5)20(24-28)15-29-18-11-8-16(9-12-18)22(26)27/h8-14,28H,6-7,15H2,1-5H3,(H,26,27)/b24-20+. The number of anilines is 1. The Kier molecular flexibility index (Phi) is 7.26. The summed E-state index contributed by atoms with van der Waals surface area (Å²) in [6.45, 7) is 12.6. The molecule has 0 amide bonds. The number of rotatable bonds is 8. The molecule has 6 nitrogen and oxygen atoms in total. The summed E-state index contributed by atoms with van der Waals surface area (Å²) in [6.07, 6.45) is 0. The van der Waals surface area contributed by atoms with Gasteiger partial charge >= 0.3 is 5.97 Å². The van der Waals surface area contributed by atoms with Gasteiger partial charge in [-0.2, -0.15) is 0 Å². The van der Waals surface area contributed by atoms with Gasteiger partial charge in [0.1, 0.15) is 18.1 Å². The number of hydrogen-bond donors (Lipinski definition) is 2. The Hall–Kier alpha value is -3.02. The molecule has 0 saturated carbocycles. The van der Waals surface area contributed by atoms with Crippen molar-refractivity contribution in [1.29, 1.82) is 0 Å². The van der Waals surface area contributed by atoms with Crippen LogP contribution >= 0.6 is 0 Å². The van der Waals surface area contributed by atoms with Crippen molar-refractivity contribution in [3.63, 3.8) is 0 Å². The van der Waals surface area contributed by atoms with Crippen LogP contribution in [0.25, 0.3) is 0 Å². The minimum Gasteiger partial charge on any atom is -0.487 e. The number of oxime groups is 1. The van der Waals surface area contributed by atoms with Crippen LogP contribution in [0.5, 0.6) is 5.75 Å². The maximum atomic E-state index is 10.9. The maximum absolute atomic E-state index is 10.9. The van der Waals surface area contributed by atoms with E-state index in [1.165, 1.54) is 23.4 Å². The highest BCUT2D eigenvalue weighted by Crippen LogP contribution is 2.33. The van der Waals surface area contributed by atoms with Crippen molar-refractivity contribution in [2.24, 2.45) is 5.16 Å². The van der Waals surface area contributed by atoms with Crippen LogP contribution in [0.4, 0.5) is 5.69 Å². The van der Waals surface area contributed by atoms with Gasteiger partial charge in [-0.25, -0.2) is 4.79 Å². The summed E-state index contributed by atoms with van der Waals surface area (Å²) in [4.78, 5) is 13.3. The fourth-order valence-electron chi connectivity index (χ4n) is 3.17. The highest BCUT2D eigenvalue weighted by atomic mass is 16.5. The Balaban J connectivity index is 2.27. The van der Waals surface area contributed by atoms with E-state index in [1.54, 1.807) is 12.1 Å². The van der Waals surface area contributed by atoms with Crippen LogP contribution in [0.2, 0.25) is 0 Å². The van der Waals surface area contributed by atoms with E-state index in [1.807, 2.05) is 6.07 Å². The van der Waals surface area contributed by atoms with Crippen molar-refractivity contribution >= 4 is 17.4 Å². The molecule has 0 unspecified atom stereocenters. The maximum Gasteiger partial charge on any atom is 0.335 e. The summed E-state index contributed by atoms with van der Waals surface area (Å²) in [5.41, 5.74) is 3.65. The Labute approximate surface area is 172 Å². The first kappa shape index (κ1) is 22.3. The molecule has 0 heterocycles. The average Bonchev–Trinajstić information content (AvgIpc) is 2.69. The fraction of sp³-hybridized carbons (Fsp3) is 0.391. The number of benzene rings is 2. The van der Waals surface area contributed by atoms with Crippen molar-refractivity contribution in [3.05, 3.63) is 59.2 Å². The summed E-state index contributed by atoms with van der Waals surface area (Å²) in [5, 5.41) is 22.0. The van der Waals surface area contributed by atoms with E-state index in [-0.39, 0.29) is 17.6 Å². The molecule has 0 saturated heterocycles. The second kappa shape index (κ2) is 9.45. The van der Waals surface area contributed by atoms with Gasteiger partial charge in [0.2, 0.25) is 0 Å². The van der Waals surface area contributed by atoms with Gasteiger partial charge in [0.25, 0.3) is 0 Å². The van der Waals surface area contributed by atoms with Crippen LogP contribution in [-0.4, -0.2) is 41.7 Å². The van der Waals surface area contributed by atoms with Crippen LogP contribution in [0, 0.1) is 0 Å². The van der Waals surface area contributed by atoms with Crippen molar-refractivity contribution in [2.75, 3.05) is 24.6 Å². The van der Waals surface area contributed by atoms with Gasteiger partial charge in [0.05, 0.1) is 5.56 Å². The third-order valence-corrected chi connectivity index (χ3v) is 4.84. The minimum absolute atomic E-state index is 0.0666. The number of carboxylic acid groups (broad SMARTS) is 1. The molecule has 2 rings (SSSR count). The van der Waals surface area contributed by atoms with E-state index in [9.17, 15) is 10.0 Å². The summed E-state index contributed by atoms with van der Waals surface area (Å²) < 4.78 is 5.70. The molecule has 0 aliphatic heterocycles. The lowest BCUT2D eigenvalue weighted by Gasteiger charge is -2.30. The van der Waals surface area contributed by atoms with E-state index >= 15 is 0 Å². The third kappa shape index (κ3) is 5.50. The lowest BCUT2D eigenvalue weighted by molar-refractivity contribution is 0.0697. The smallest absolute Gasteiger partial charge is 0.335 e. The second-order valence-electron chi connectivity index (χ2n) is 7.82. The molecule has 2 aromatic rings. The van der Waals surface area contributed by atoms with Gasteiger partial charge in [0.15, 0.2) is 0 Å². The molecule has 0 aliphatic rings. The summed E-state index contributed by atoms with van der Waals surface area (Å²) in [5.74, 6) is -0.482. The van der Waals surface area contributed by atoms with Gasteiger partial charge in [-0.05, 0) is 61.2 Å². The Bertz CT molecular complexity index is 863. The summed E-state index contributed by atoms with van der Waals surface area (Å²) in [7, 11) is 0. The van der Waals surface area contributed by atoms with E-state index in [2.05, 4.69) is 56.8 Å². The lowest BCUT2D eigenvalue weighted by atomic mass is 9.84. The van der Waals surface area contributed by atoms with E-state index in [0.29, 0.717) is 11.5 Å². The number of carbonyl (C=O) groups is 1. The van der Waals surface area contributed by atoms with Crippen LogP contribution in [0.15, 0.2) is 47.6 Å². The van der Waals surface area contributed by atoms with Crippen LogP contribution in [0.3, 0.4) is 0 Å². The van der Waals surface area contributed by atoms with E-state index < -0.39 is 5.97 Å². The molecule has 0 aromatic heterocycles. The lowest BCUT2D eigenvalue weighted by Crippen LogP contribution is -2.27. The number of ether oxygens (including phenoxy) is 1. The molecule has 0 aliphatic carbocycles. The van der Waals surface area contributed by atoms with Crippen molar-refractivity contribution < 1.29 is 19.8 Å². The largest absolute Gasteiger partial charge is 0.487 e. The van der Waals surface area contributed by atoms with Gasteiger partial charge in [-0.1, -0.05) is 32.0 Å². The quantitative estimate of drug-likeness (QED) is 0.380. The fourth-order valence-corrected chi connectivity index (χ4v) is 3.17. The normalized spacial score (nSPS) is 12.0. The topological polar surface area (TPSA) is 82.4 Å². The highest BCUT2D eigenvalue weighted by Gasteiger charge is 2.22. The zero-order chi connectivity index (χ0) is 21.6. The zero-order valence-electron chi connectivity index (χ0n) is 17.8. The van der Waals surface area contributed by atoms with Crippen LogP contribution in [0.1, 0.15) is 56.1 Å². The van der Waals surface area contributed by atoms with Crippen molar-refractivity contribution in [1.82, 2.24) is 0 Å². The predicted molar refractivity (Wildman–Crippen MR) is 116 cm³/mol. The summed E-state index contributed by atoms with van der Waals surface area (Å²) >= 11 is 0. The Morgan fingerprint density at radius 2 is 1.62 bits per heavy atom.